The van der Waals surface area contributed by atoms with Crippen molar-refractivity contribution < 1.29 is 8.42 Å². The molecule has 0 amide bonds. The van der Waals surface area contributed by atoms with Crippen LogP contribution in [0.2, 0.25) is 0 Å². The van der Waals surface area contributed by atoms with Crippen molar-refractivity contribution in [3.8, 4) is 0 Å². The zero-order valence-corrected chi connectivity index (χ0v) is 11.7. The topological polar surface area (TPSA) is 46.2 Å². The summed E-state index contributed by atoms with van der Waals surface area (Å²) >= 11 is 0. The molecule has 1 heterocycles. The molecular formula is C14H21NO2S. The van der Waals surface area contributed by atoms with Gasteiger partial charge in [0.05, 0.1) is 5.75 Å². The van der Waals surface area contributed by atoms with Crippen LogP contribution in [0.1, 0.15) is 36.9 Å². The molecule has 1 aromatic carbocycles. The molecule has 1 aliphatic rings. The second-order valence-corrected chi connectivity index (χ2v) is 7.20. The lowest BCUT2D eigenvalue weighted by Gasteiger charge is -2.26. The van der Waals surface area contributed by atoms with Crippen molar-refractivity contribution in [3.63, 3.8) is 0 Å². The van der Waals surface area contributed by atoms with E-state index in [9.17, 15) is 8.42 Å². The van der Waals surface area contributed by atoms with Gasteiger partial charge in [0.1, 0.15) is 9.84 Å². The Balaban J connectivity index is 2.04. The minimum atomic E-state index is -2.87. The van der Waals surface area contributed by atoms with Crippen LogP contribution in [-0.2, 0) is 16.3 Å². The molecule has 1 unspecified atom stereocenters. The number of sulfone groups is 1. The van der Waals surface area contributed by atoms with Gasteiger partial charge in [-0.15, -0.1) is 0 Å². The third kappa shape index (κ3) is 3.33. The molecule has 1 atom stereocenters. The standard InChI is InChI=1S/C14H21NO2S/c1-2-10-18(16,17)11-8-14-13-6-4-3-5-12(13)7-9-15-14/h3-6,14-15H,2,7-11H2,1H3. The molecule has 18 heavy (non-hydrogen) atoms. The highest BCUT2D eigenvalue weighted by Crippen LogP contribution is 2.25. The Hall–Kier alpha value is -0.870. The van der Waals surface area contributed by atoms with E-state index in [0.717, 1.165) is 13.0 Å². The van der Waals surface area contributed by atoms with Crippen molar-refractivity contribution in [1.82, 2.24) is 5.32 Å². The summed E-state index contributed by atoms with van der Waals surface area (Å²) in [4.78, 5) is 0. The second kappa shape index (κ2) is 5.85. The van der Waals surface area contributed by atoms with Gasteiger partial charge in [0.15, 0.2) is 0 Å². The van der Waals surface area contributed by atoms with Crippen LogP contribution in [0.15, 0.2) is 24.3 Å². The number of fused-ring (bicyclic) bond motifs is 1. The Morgan fingerprint density at radius 2 is 2.06 bits per heavy atom. The van der Waals surface area contributed by atoms with E-state index in [1.807, 2.05) is 13.0 Å². The van der Waals surface area contributed by atoms with Gasteiger partial charge in [0, 0.05) is 11.8 Å². The molecule has 0 saturated heterocycles. The van der Waals surface area contributed by atoms with Crippen molar-refractivity contribution in [3.05, 3.63) is 35.4 Å². The summed E-state index contributed by atoms with van der Waals surface area (Å²) in [5.41, 5.74) is 2.63. The first-order valence-electron chi connectivity index (χ1n) is 6.64. The molecule has 0 saturated carbocycles. The monoisotopic (exact) mass is 267 g/mol. The predicted molar refractivity (Wildman–Crippen MR) is 74.5 cm³/mol. The van der Waals surface area contributed by atoms with Crippen molar-refractivity contribution >= 4 is 9.84 Å². The quantitative estimate of drug-likeness (QED) is 0.888. The van der Waals surface area contributed by atoms with E-state index in [1.54, 1.807) is 0 Å². The summed E-state index contributed by atoms with van der Waals surface area (Å²) in [6.45, 7) is 2.85. The molecule has 2 rings (SSSR count). The summed E-state index contributed by atoms with van der Waals surface area (Å²) in [6.07, 6.45) is 2.42. The maximum Gasteiger partial charge on any atom is 0.150 e. The van der Waals surface area contributed by atoms with Crippen LogP contribution in [0.4, 0.5) is 0 Å². The number of nitrogens with one attached hydrogen (secondary N) is 1. The summed E-state index contributed by atoms with van der Waals surface area (Å²) in [5.74, 6) is 0.591. The van der Waals surface area contributed by atoms with Crippen LogP contribution in [0.25, 0.3) is 0 Å². The van der Waals surface area contributed by atoms with E-state index < -0.39 is 9.84 Å². The smallest absolute Gasteiger partial charge is 0.150 e. The first-order valence-corrected chi connectivity index (χ1v) is 8.46. The summed E-state index contributed by atoms with van der Waals surface area (Å²) in [7, 11) is -2.87. The number of hydrogen-bond donors (Lipinski definition) is 1. The molecule has 0 spiro atoms. The second-order valence-electron chi connectivity index (χ2n) is 4.90. The molecule has 0 bridgehead atoms. The molecule has 1 N–H and O–H groups in total. The fourth-order valence-corrected chi connectivity index (χ4v) is 3.98. The normalized spacial score (nSPS) is 19.5. The van der Waals surface area contributed by atoms with E-state index in [0.29, 0.717) is 18.6 Å². The zero-order valence-electron chi connectivity index (χ0n) is 10.9. The Bertz CT molecular complexity index is 496. The molecule has 0 radical (unpaired) electrons. The molecule has 100 valence electrons. The Labute approximate surface area is 110 Å². The average molecular weight is 267 g/mol. The maximum atomic E-state index is 11.8. The van der Waals surface area contributed by atoms with Gasteiger partial charge in [-0.1, -0.05) is 31.2 Å². The number of benzene rings is 1. The third-order valence-corrected chi connectivity index (χ3v) is 5.34. The Morgan fingerprint density at radius 1 is 1.28 bits per heavy atom. The fraction of sp³-hybridized carbons (Fsp3) is 0.571. The molecule has 0 aromatic heterocycles. The van der Waals surface area contributed by atoms with Gasteiger partial charge in [-0.05, 0) is 36.9 Å². The lowest BCUT2D eigenvalue weighted by Crippen LogP contribution is -2.31. The third-order valence-electron chi connectivity index (χ3n) is 3.45. The lowest BCUT2D eigenvalue weighted by molar-refractivity contribution is 0.489. The fourth-order valence-electron chi connectivity index (χ4n) is 2.56. The number of rotatable bonds is 5. The van der Waals surface area contributed by atoms with Gasteiger partial charge in [0.25, 0.3) is 0 Å². The Kier molecular flexibility index (Phi) is 4.40. The van der Waals surface area contributed by atoms with E-state index in [-0.39, 0.29) is 11.8 Å². The maximum absolute atomic E-state index is 11.8. The highest BCUT2D eigenvalue weighted by Gasteiger charge is 2.21. The highest BCUT2D eigenvalue weighted by atomic mass is 32.2. The lowest BCUT2D eigenvalue weighted by atomic mass is 9.93. The van der Waals surface area contributed by atoms with E-state index in [1.165, 1.54) is 11.1 Å². The predicted octanol–water partition coefficient (Wildman–Crippen LogP) is 2.09. The minimum Gasteiger partial charge on any atom is -0.310 e. The van der Waals surface area contributed by atoms with Crippen LogP contribution in [0.3, 0.4) is 0 Å². The summed E-state index contributed by atoms with van der Waals surface area (Å²) in [6, 6.07) is 8.53. The van der Waals surface area contributed by atoms with Gasteiger partial charge < -0.3 is 5.32 Å². The van der Waals surface area contributed by atoms with Crippen molar-refractivity contribution in [2.75, 3.05) is 18.1 Å². The summed E-state index contributed by atoms with van der Waals surface area (Å²) < 4.78 is 23.5. The molecule has 1 aromatic rings. The minimum absolute atomic E-state index is 0.196. The Morgan fingerprint density at radius 3 is 2.83 bits per heavy atom. The average Bonchev–Trinajstić information content (AvgIpc) is 2.36. The molecule has 4 heteroatoms. The van der Waals surface area contributed by atoms with Gasteiger partial charge >= 0.3 is 0 Å². The van der Waals surface area contributed by atoms with E-state index >= 15 is 0 Å². The molecule has 0 aliphatic carbocycles. The van der Waals surface area contributed by atoms with Crippen LogP contribution >= 0.6 is 0 Å². The van der Waals surface area contributed by atoms with Gasteiger partial charge in [0.2, 0.25) is 0 Å². The molecule has 0 fully saturated rings. The van der Waals surface area contributed by atoms with Gasteiger partial charge in [-0.2, -0.15) is 0 Å². The van der Waals surface area contributed by atoms with Crippen molar-refractivity contribution in [2.24, 2.45) is 0 Å². The van der Waals surface area contributed by atoms with Crippen LogP contribution in [0, 0.1) is 0 Å². The van der Waals surface area contributed by atoms with Gasteiger partial charge in [-0.3, -0.25) is 0 Å². The molecule has 3 nitrogen and oxygen atoms in total. The van der Waals surface area contributed by atoms with Crippen LogP contribution in [0.5, 0.6) is 0 Å². The van der Waals surface area contributed by atoms with E-state index in [4.69, 9.17) is 0 Å². The molecular weight excluding hydrogens is 246 g/mol. The zero-order chi connectivity index (χ0) is 13.0. The number of hydrogen-bond acceptors (Lipinski definition) is 3. The van der Waals surface area contributed by atoms with E-state index in [2.05, 4.69) is 23.5 Å². The van der Waals surface area contributed by atoms with Crippen molar-refractivity contribution in [2.45, 2.75) is 32.2 Å². The van der Waals surface area contributed by atoms with Crippen molar-refractivity contribution in [1.29, 1.82) is 0 Å². The van der Waals surface area contributed by atoms with Gasteiger partial charge in [-0.25, -0.2) is 8.42 Å². The first-order chi connectivity index (χ1) is 8.62. The largest absolute Gasteiger partial charge is 0.310 e. The van der Waals surface area contributed by atoms with Crippen LogP contribution in [-0.4, -0.2) is 26.5 Å². The molecule has 1 aliphatic heterocycles. The SMILES string of the molecule is CCCS(=O)(=O)CCC1NCCc2ccccc21. The van der Waals surface area contributed by atoms with Crippen LogP contribution < -0.4 is 5.32 Å². The summed E-state index contributed by atoms with van der Waals surface area (Å²) in [5, 5.41) is 3.43. The highest BCUT2D eigenvalue weighted by molar-refractivity contribution is 7.91. The first kappa shape index (κ1) is 13.6.